The van der Waals surface area contributed by atoms with E-state index in [1.54, 1.807) is 0 Å². The zero-order chi connectivity index (χ0) is 17.2. The summed E-state index contributed by atoms with van der Waals surface area (Å²) in [6.07, 6.45) is -0.108. The van der Waals surface area contributed by atoms with Crippen molar-refractivity contribution in [1.29, 1.82) is 0 Å². The standard InChI is InChI=1S/C18H28N2O4.ClH/c1-3-22-9-10-23-13-16-6-4-5-15(11-16)12-20-18(21)17-14(2)24-8-7-19-17;/h4-6,11,14,17,19H,3,7-10,12-13H2,1-2H3,(H,20,21);1H/t14-,17+;/m1./s1. The molecule has 2 N–H and O–H groups in total. The van der Waals surface area contributed by atoms with Gasteiger partial charge in [-0.3, -0.25) is 4.79 Å². The molecule has 0 bridgehead atoms. The van der Waals surface area contributed by atoms with Gasteiger partial charge in [-0.1, -0.05) is 24.3 Å². The molecule has 1 aromatic carbocycles. The maximum absolute atomic E-state index is 12.2. The Kier molecular flexibility index (Phi) is 10.7. The SMILES string of the molecule is CCOCCOCc1cccc(CNC(=O)[C@H]2NCCO[C@@H]2C)c1.Cl. The van der Waals surface area contributed by atoms with Gasteiger partial charge >= 0.3 is 0 Å². The first-order valence-electron chi connectivity index (χ1n) is 8.56. The normalized spacial score (nSPS) is 19.9. The number of nitrogens with one attached hydrogen (secondary N) is 2. The lowest BCUT2D eigenvalue weighted by molar-refractivity contribution is -0.129. The van der Waals surface area contributed by atoms with Gasteiger partial charge in [-0.25, -0.2) is 0 Å². The smallest absolute Gasteiger partial charge is 0.240 e. The van der Waals surface area contributed by atoms with Gasteiger partial charge in [0.2, 0.25) is 5.91 Å². The van der Waals surface area contributed by atoms with Crippen LogP contribution < -0.4 is 10.6 Å². The van der Waals surface area contributed by atoms with E-state index in [0.29, 0.717) is 46.1 Å². The summed E-state index contributed by atoms with van der Waals surface area (Å²) in [4.78, 5) is 12.2. The molecule has 0 unspecified atom stereocenters. The third-order valence-corrected chi connectivity index (χ3v) is 3.90. The first-order valence-corrected chi connectivity index (χ1v) is 8.56. The molecule has 2 atom stereocenters. The summed E-state index contributed by atoms with van der Waals surface area (Å²) >= 11 is 0. The lowest BCUT2D eigenvalue weighted by Crippen LogP contribution is -2.55. The summed E-state index contributed by atoms with van der Waals surface area (Å²) in [6, 6.07) is 7.76. The topological polar surface area (TPSA) is 68.8 Å². The van der Waals surface area contributed by atoms with Crippen LogP contribution in [0.25, 0.3) is 0 Å². The Morgan fingerprint density at radius 3 is 2.84 bits per heavy atom. The Bertz CT molecular complexity index is 516. The van der Waals surface area contributed by atoms with E-state index in [1.165, 1.54) is 0 Å². The molecule has 2 rings (SSSR count). The van der Waals surface area contributed by atoms with E-state index in [2.05, 4.69) is 16.7 Å². The number of rotatable bonds is 9. The van der Waals surface area contributed by atoms with Gasteiger partial charge in [0.1, 0.15) is 6.04 Å². The van der Waals surface area contributed by atoms with Crippen LogP contribution >= 0.6 is 12.4 Å². The van der Waals surface area contributed by atoms with Crippen molar-refractivity contribution in [2.24, 2.45) is 0 Å². The maximum Gasteiger partial charge on any atom is 0.240 e. The van der Waals surface area contributed by atoms with E-state index in [0.717, 1.165) is 11.1 Å². The average molecular weight is 373 g/mol. The van der Waals surface area contributed by atoms with Crippen LogP contribution in [-0.4, -0.2) is 51.0 Å². The maximum atomic E-state index is 12.2. The Morgan fingerprint density at radius 1 is 1.32 bits per heavy atom. The second-order valence-corrected chi connectivity index (χ2v) is 5.79. The molecule has 0 spiro atoms. The zero-order valence-electron chi connectivity index (χ0n) is 15.0. The fraction of sp³-hybridized carbons (Fsp3) is 0.611. The fourth-order valence-corrected chi connectivity index (χ4v) is 2.61. The van der Waals surface area contributed by atoms with Crippen molar-refractivity contribution >= 4 is 18.3 Å². The number of carbonyl (C=O) groups excluding carboxylic acids is 1. The van der Waals surface area contributed by atoms with Crippen molar-refractivity contribution in [3.05, 3.63) is 35.4 Å². The highest BCUT2D eigenvalue weighted by atomic mass is 35.5. The third-order valence-electron chi connectivity index (χ3n) is 3.90. The molecule has 0 saturated carbocycles. The van der Waals surface area contributed by atoms with E-state index in [1.807, 2.05) is 32.0 Å². The van der Waals surface area contributed by atoms with Crippen LogP contribution in [0.15, 0.2) is 24.3 Å². The number of amides is 1. The lowest BCUT2D eigenvalue weighted by atomic mass is 10.1. The number of morpholine rings is 1. The van der Waals surface area contributed by atoms with Gasteiger partial charge in [-0.05, 0) is 25.0 Å². The van der Waals surface area contributed by atoms with Gasteiger partial charge < -0.3 is 24.8 Å². The largest absolute Gasteiger partial charge is 0.379 e. The molecule has 25 heavy (non-hydrogen) atoms. The van der Waals surface area contributed by atoms with Gasteiger partial charge in [0, 0.05) is 19.7 Å². The summed E-state index contributed by atoms with van der Waals surface area (Å²) in [5, 5.41) is 6.16. The molecule has 1 heterocycles. The fourth-order valence-electron chi connectivity index (χ4n) is 2.61. The highest BCUT2D eigenvalue weighted by Crippen LogP contribution is 2.08. The van der Waals surface area contributed by atoms with E-state index in [9.17, 15) is 4.79 Å². The molecule has 0 aliphatic carbocycles. The van der Waals surface area contributed by atoms with Crippen LogP contribution in [0.2, 0.25) is 0 Å². The molecule has 0 radical (unpaired) electrons. The molecule has 7 heteroatoms. The van der Waals surface area contributed by atoms with E-state index >= 15 is 0 Å². The predicted octanol–water partition coefficient (Wildman–Crippen LogP) is 1.65. The number of halogens is 1. The molecule has 1 saturated heterocycles. The second-order valence-electron chi connectivity index (χ2n) is 5.79. The van der Waals surface area contributed by atoms with Gasteiger partial charge in [-0.2, -0.15) is 0 Å². The molecule has 1 fully saturated rings. The van der Waals surface area contributed by atoms with Gasteiger partial charge in [0.15, 0.2) is 0 Å². The highest BCUT2D eigenvalue weighted by molar-refractivity contribution is 5.85. The van der Waals surface area contributed by atoms with Crippen molar-refractivity contribution in [2.75, 3.05) is 33.0 Å². The van der Waals surface area contributed by atoms with Crippen molar-refractivity contribution in [3.63, 3.8) is 0 Å². The Morgan fingerprint density at radius 2 is 2.08 bits per heavy atom. The van der Waals surface area contributed by atoms with Crippen LogP contribution in [-0.2, 0) is 32.2 Å². The van der Waals surface area contributed by atoms with E-state index in [4.69, 9.17) is 14.2 Å². The van der Waals surface area contributed by atoms with Gasteiger partial charge in [-0.15, -0.1) is 12.4 Å². The Balaban J connectivity index is 0.00000312. The number of ether oxygens (including phenoxy) is 3. The minimum absolute atomic E-state index is 0. The van der Waals surface area contributed by atoms with E-state index < -0.39 is 0 Å². The highest BCUT2D eigenvalue weighted by Gasteiger charge is 2.27. The first kappa shape index (κ1) is 21.9. The average Bonchev–Trinajstić information content (AvgIpc) is 2.60. The molecule has 1 aliphatic rings. The molecule has 1 aromatic rings. The summed E-state index contributed by atoms with van der Waals surface area (Å²) in [5.74, 6) is -0.0273. The predicted molar refractivity (Wildman–Crippen MR) is 98.9 cm³/mol. The summed E-state index contributed by atoms with van der Waals surface area (Å²) in [7, 11) is 0. The van der Waals surface area contributed by atoms with Gasteiger partial charge in [0.25, 0.3) is 0 Å². The third kappa shape index (κ3) is 7.71. The quantitative estimate of drug-likeness (QED) is 0.645. The van der Waals surface area contributed by atoms with Crippen LogP contribution in [0.1, 0.15) is 25.0 Å². The number of hydrogen-bond donors (Lipinski definition) is 2. The van der Waals surface area contributed by atoms with Crippen LogP contribution in [0.5, 0.6) is 0 Å². The minimum Gasteiger partial charge on any atom is -0.379 e. The second kappa shape index (κ2) is 12.2. The van der Waals surface area contributed by atoms with E-state index in [-0.39, 0.29) is 30.5 Å². The molecule has 1 amide bonds. The van der Waals surface area contributed by atoms with Crippen LogP contribution in [0, 0.1) is 0 Å². The monoisotopic (exact) mass is 372 g/mol. The molecule has 142 valence electrons. The van der Waals surface area contributed by atoms with Crippen LogP contribution in [0.4, 0.5) is 0 Å². The number of benzene rings is 1. The van der Waals surface area contributed by atoms with Crippen molar-refractivity contribution < 1.29 is 19.0 Å². The van der Waals surface area contributed by atoms with Crippen molar-refractivity contribution in [2.45, 2.75) is 39.1 Å². The zero-order valence-corrected chi connectivity index (χ0v) is 15.8. The lowest BCUT2D eigenvalue weighted by Gasteiger charge is -2.29. The number of hydrogen-bond acceptors (Lipinski definition) is 5. The molecule has 0 aromatic heterocycles. The van der Waals surface area contributed by atoms with Crippen LogP contribution in [0.3, 0.4) is 0 Å². The first-order chi connectivity index (χ1) is 11.7. The van der Waals surface area contributed by atoms with Gasteiger partial charge in [0.05, 0.1) is 32.5 Å². The Labute approximate surface area is 156 Å². The minimum atomic E-state index is -0.288. The summed E-state index contributed by atoms with van der Waals surface area (Å²) < 4.78 is 16.3. The summed E-state index contributed by atoms with van der Waals surface area (Å²) in [5.41, 5.74) is 2.14. The Hall–Kier alpha value is -1.18. The molecular formula is C18H29ClN2O4. The molecule has 1 aliphatic heterocycles. The molecule has 6 nitrogen and oxygen atoms in total. The molecular weight excluding hydrogens is 344 g/mol. The van der Waals surface area contributed by atoms with Crippen molar-refractivity contribution in [3.8, 4) is 0 Å². The number of carbonyl (C=O) groups is 1. The van der Waals surface area contributed by atoms with Crippen molar-refractivity contribution in [1.82, 2.24) is 10.6 Å². The summed E-state index contributed by atoms with van der Waals surface area (Å²) in [6.45, 7) is 8.18.